The second-order valence-electron chi connectivity index (χ2n) is 8.46. The molecule has 10 nitrogen and oxygen atoms in total. The third kappa shape index (κ3) is 5.23. The van der Waals surface area contributed by atoms with Crippen molar-refractivity contribution in [2.75, 3.05) is 20.8 Å². The Bertz CT molecular complexity index is 1350. The first-order valence-electron chi connectivity index (χ1n) is 10.8. The largest absolute Gasteiger partial charge is 0.587 e. The fourth-order valence-electron chi connectivity index (χ4n) is 3.26. The van der Waals surface area contributed by atoms with Gasteiger partial charge in [0.15, 0.2) is 11.5 Å². The summed E-state index contributed by atoms with van der Waals surface area (Å²) >= 11 is 0. The maximum atomic E-state index is 13.8. The van der Waals surface area contributed by atoms with Crippen LogP contribution in [0, 0.1) is 6.92 Å². The minimum absolute atomic E-state index is 0.0598. The number of benzene rings is 2. The predicted octanol–water partition coefficient (Wildman–Crippen LogP) is 4.14. The van der Waals surface area contributed by atoms with E-state index in [1.807, 2.05) is 20.8 Å². The Balaban J connectivity index is 1.60. The van der Waals surface area contributed by atoms with E-state index in [-0.39, 0.29) is 6.61 Å². The maximum absolute atomic E-state index is 13.8. The highest BCUT2D eigenvalue weighted by Crippen LogP contribution is 2.51. The van der Waals surface area contributed by atoms with E-state index in [1.54, 1.807) is 67.3 Å². The molecule has 0 saturated carbocycles. The van der Waals surface area contributed by atoms with Crippen molar-refractivity contribution in [3.8, 4) is 23.0 Å². The van der Waals surface area contributed by atoms with E-state index in [2.05, 4.69) is 21.9 Å². The van der Waals surface area contributed by atoms with Crippen molar-refractivity contribution in [3.05, 3.63) is 65.3 Å². The highest BCUT2D eigenvalue weighted by molar-refractivity contribution is 7.49. The molecule has 0 amide bonds. The molecule has 0 fully saturated rings. The average Bonchev–Trinajstić information content (AvgIpc) is 3.39. The predicted molar refractivity (Wildman–Crippen MR) is 130 cm³/mol. The zero-order valence-corrected chi connectivity index (χ0v) is 21.1. The van der Waals surface area contributed by atoms with Gasteiger partial charge in [0, 0.05) is 5.22 Å². The molecule has 4 rings (SSSR count). The molecule has 0 atom stereocenters. The zero-order chi connectivity index (χ0) is 25.2. The van der Waals surface area contributed by atoms with Gasteiger partial charge in [0.1, 0.15) is 23.0 Å². The molecule has 11 heteroatoms. The number of nitrogens with zero attached hydrogens (tertiary/aromatic N) is 4. The van der Waals surface area contributed by atoms with Gasteiger partial charge in [-0.15, -0.1) is 10.2 Å². The van der Waals surface area contributed by atoms with Crippen LogP contribution < -0.4 is 23.7 Å². The van der Waals surface area contributed by atoms with Gasteiger partial charge in [-0.25, -0.2) is 4.57 Å². The van der Waals surface area contributed by atoms with Crippen LogP contribution in [-0.4, -0.2) is 40.6 Å². The van der Waals surface area contributed by atoms with Crippen LogP contribution in [-0.2, 0) is 14.5 Å². The third-order valence-corrected chi connectivity index (χ3v) is 6.65. The smallest absolute Gasteiger partial charge is 0.497 e. The summed E-state index contributed by atoms with van der Waals surface area (Å²) < 4.78 is 43.1. The van der Waals surface area contributed by atoms with Gasteiger partial charge >= 0.3 is 7.82 Å². The number of methoxy groups -OCH3 is 2. The normalized spacial score (nSPS) is 12.0. The van der Waals surface area contributed by atoms with Crippen LogP contribution in [0.2, 0.25) is 0 Å². The Hall–Kier alpha value is -3.62. The Morgan fingerprint density at radius 3 is 1.86 bits per heavy atom. The maximum Gasteiger partial charge on any atom is 0.587 e. The Kier molecular flexibility index (Phi) is 6.69. The van der Waals surface area contributed by atoms with Crippen molar-refractivity contribution in [2.24, 2.45) is 0 Å². The van der Waals surface area contributed by atoms with Crippen LogP contribution in [0.1, 0.15) is 25.4 Å². The molecule has 0 bridgehead atoms. The number of phosphoric ester groups is 1. The molecule has 2 aromatic carbocycles. The van der Waals surface area contributed by atoms with Gasteiger partial charge in [-0.3, -0.25) is 4.52 Å². The Morgan fingerprint density at radius 1 is 0.886 bits per heavy atom. The Morgan fingerprint density at radius 2 is 1.37 bits per heavy atom. The summed E-state index contributed by atoms with van der Waals surface area (Å²) in [5, 5.41) is 13.6. The molecule has 0 radical (unpaired) electrons. The van der Waals surface area contributed by atoms with Crippen LogP contribution in [0.25, 0.3) is 12.2 Å². The van der Waals surface area contributed by atoms with Crippen molar-refractivity contribution in [1.29, 1.82) is 0 Å². The molecule has 0 aliphatic carbocycles. The second-order valence-corrected chi connectivity index (χ2v) is 9.98. The number of hydrogen-bond donors (Lipinski definition) is 0. The molecule has 0 N–H and O–H groups in total. The number of rotatable bonds is 10. The summed E-state index contributed by atoms with van der Waals surface area (Å²) in [4.78, 5) is 0. The monoisotopic (exact) mass is 498 g/mol. The summed E-state index contributed by atoms with van der Waals surface area (Å²) in [5.41, 5.74) is 0.573. The first kappa shape index (κ1) is 24.5. The van der Waals surface area contributed by atoms with Gasteiger partial charge in [-0.1, -0.05) is 20.4 Å². The molecule has 4 aromatic rings. The molecular weight excluding hydrogens is 471 g/mol. The molecule has 2 heterocycles. The molecule has 35 heavy (non-hydrogen) atoms. The zero-order valence-electron chi connectivity index (χ0n) is 20.2. The van der Waals surface area contributed by atoms with Crippen LogP contribution in [0.15, 0.2) is 48.5 Å². The lowest BCUT2D eigenvalue weighted by Crippen LogP contribution is -2.28. The summed E-state index contributed by atoms with van der Waals surface area (Å²) in [6.45, 7) is 9.53. The van der Waals surface area contributed by atoms with E-state index in [9.17, 15) is 4.57 Å². The highest BCUT2D eigenvalue weighted by Gasteiger charge is 2.37. The van der Waals surface area contributed by atoms with Gasteiger partial charge in [0.2, 0.25) is 0 Å². The lowest BCUT2D eigenvalue weighted by molar-refractivity contribution is 0.168. The quantitative estimate of drug-likeness (QED) is 0.298. The van der Waals surface area contributed by atoms with Crippen LogP contribution in [0.4, 0.5) is 0 Å². The number of hydrogen-bond acceptors (Lipinski definition) is 9. The summed E-state index contributed by atoms with van der Waals surface area (Å²) in [7, 11) is -1.03. The highest BCUT2D eigenvalue weighted by atomic mass is 31.2. The van der Waals surface area contributed by atoms with Crippen LogP contribution in [0.3, 0.4) is 0 Å². The van der Waals surface area contributed by atoms with E-state index in [0.29, 0.717) is 39.7 Å². The van der Waals surface area contributed by atoms with Gasteiger partial charge in [0.25, 0.3) is 0 Å². The summed E-state index contributed by atoms with van der Waals surface area (Å²) in [6, 6.07) is 13.2. The van der Waals surface area contributed by atoms with Crippen LogP contribution in [0.5, 0.6) is 23.0 Å². The first-order chi connectivity index (χ1) is 16.6. The third-order valence-electron chi connectivity index (χ3n) is 5.34. The van der Waals surface area contributed by atoms with Crippen molar-refractivity contribution < 1.29 is 27.6 Å². The number of aromatic nitrogens is 4. The van der Waals surface area contributed by atoms with Crippen molar-refractivity contribution >= 4 is 20.0 Å². The van der Waals surface area contributed by atoms with E-state index in [0.717, 1.165) is 5.69 Å². The van der Waals surface area contributed by atoms with Gasteiger partial charge in [0.05, 0.1) is 31.9 Å². The topological polar surface area (TPSA) is 106 Å². The molecular formula is C24H27N4O6P. The Labute approximate surface area is 203 Å². The van der Waals surface area contributed by atoms with Gasteiger partial charge < -0.3 is 18.5 Å². The van der Waals surface area contributed by atoms with Crippen molar-refractivity contribution in [2.45, 2.75) is 26.2 Å². The van der Waals surface area contributed by atoms with Gasteiger partial charge in [-0.2, -0.15) is 9.61 Å². The number of aryl methyl sites for hydroxylation is 1. The van der Waals surface area contributed by atoms with E-state index >= 15 is 0 Å². The molecule has 0 aliphatic heterocycles. The molecule has 2 aromatic heterocycles. The number of ether oxygens (including phenoxy) is 2. The molecule has 0 saturated heterocycles. The molecule has 184 valence electrons. The molecule has 0 spiro atoms. The second kappa shape index (κ2) is 9.56. The SMILES string of the molecule is C=c1c(C)nn2c(C(C)(C)COP(=O)(Oc3ccc(OC)cc3)Oc3ccc(OC)cc3)nnc12. The van der Waals surface area contributed by atoms with Gasteiger partial charge in [-0.05, 0) is 55.5 Å². The van der Waals surface area contributed by atoms with E-state index in [4.69, 9.17) is 23.0 Å². The lowest BCUT2D eigenvalue weighted by atomic mass is 9.94. The number of phosphoric acid groups is 1. The average molecular weight is 498 g/mol. The van der Waals surface area contributed by atoms with Crippen molar-refractivity contribution in [3.63, 3.8) is 0 Å². The van der Waals surface area contributed by atoms with E-state index < -0.39 is 13.2 Å². The fourth-order valence-corrected chi connectivity index (χ4v) is 4.65. The fraction of sp³-hybridized carbons (Fsp3) is 0.292. The molecule has 0 unspecified atom stereocenters. The minimum atomic E-state index is -4.15. The molecule has 0 aliphatic rings. The first-order valence-corrected chi connectivity index (χ1v) is 12.2. The summed E-state index contributed by atoms with van der Waals surface area (Å²) in [6.07, 6.45) is 0. The standard InChI is InChI=1S/C24H27N4O6P/c1-16-17(2)27-28-22(16)25-26-23(28)24(3,4)15-32-35(29,33-20-11-7-18(30-5)8-12-20)34-21-13-9-19(31-6)10-14-21/h7-14H,1,15H2,2-6H3. The van der Waals surface area contributed by atoms with Crippen LogP contribution >= 0.6 is 7.82 Å². The summed E-state index contributed by atoms with van der Waals surface area (Å²) in [5.74, 6) is 2.37. The minimum Gasteiger partial charge on any atom is -0.497 e. The number of fused-ring (bicyclic) bond motifs is 1. The van der Waals surface area contributed by atoms with E-state index in [1.165, 1.54) is 0 Å². The van der Waals surface area contributed by atoms with Crippen molar-refractivity contribution in [1.82, 2.24) is 19.8 Å². The lowest BCUT2D eigenvalue weighted by Gasteiger charge is -2.25.